The van der Waals surface area contributed by atoms with Crippen molar-refractivity contribution in [1.82, 2.24) is 0 Å². The molecule has 1 aromatic heterocycles. The molecule has 2 aliphatic carbocycles. The van der Waals surface area contributed by atoms with Crippen molar-refractivity contribution in [3.63, 3.8) is 0 Å². The lowest BCUT2D eigenvalue weighted by Crippen LogP contribution is -1.99. The van der Waals surface area contributed by atoms with Crippen LogP contribution in [0.4, 0.5) is 0 Å². The van der Waals surface area contributed by atoms with Crippen molar-refractivity contribution in [2.24, 2.45) is 0 Å². The number of thiophene rings is 1. The predicted octanol–water partition coefficient (Wildman–Crippen LogP) is 24.0. The first-order valence-electron chi connectivity index (χ1n) is 29.4. The van der Waals surface area contributed by atoms with Gasteiger partial charge in [-0.1, -0.05) is 303 Å². The molecule has 1 heteroatoms. The maximum atomic E-state index is 2.43. The molecular formula is C84H52S. The highest BCUT2D eigenvalue weighted by Crippen LogP contribution is 2.64. The maximum Gasteiger partial charge on any atom is 0.0355 e. The highest BCUT2D eigenvalue weighted by Gasteiger charge is 2.37. The summed E-state index contributed by atoms with van der Waals surface area (Å²) in [5.74, 6) is 0. The van der Waals surface area contributed by atoms with Crippen molar-refractivity contribution in [2.45, 2.75) is 0 Å². The molecule has 1 heterocycles. The van der Waals surface area contributed by atoms with Crippen molar-refractivity contribution in [1.29, 1.82) is 0 Å². The second-order valence-electron chi connectivity index (χ2n) is 22.4. The fraction of sp³-hybridized carbons (Fsp3) is 0. The summed E-state index contributed by atoms with van der Waals surface area (Å²) >= 11 is 1.90. The van der Waals surface area contributed by atoms with E-state index in [0.717, 1.165) is 0 Å². The van der Waals surface area contributed by atoms with Gasteiger partial charge in [-0.3, -0.25) is 0 Å². The smallest absolute Gasteiger partial charge is 0.0355 e. The molecule has 394 valence electrons. The molecular weight excluding hydrogens is 1040 g/mol. The quantitative estimate of drug-likeness (QED) is 0.128. The van der Waals surface area contributed by atoms with Crippen LogP contribution in [-0.2, 0) is 0 Å². The van der Waals surface area contributed by atoms with Gasteiger partial charge in [-0.25, -0.2) is 0 Å². The third-order valence-electron chi connectivity index (χ3n) is 17.8. The van der Waals surface area contributed by atoms with Gasteiger partial charge in [0.15, 0.2) is 0 Å². The Morgan fingerprint density at radius 1 is 0.141 bits per heavy atom. The molecule has 0 bridgehead atoms. The van der Waals surface area contributed by atoms with Crippen LogP contribution in [0.15, 0.2) is 315 Å². The van der Waals surface area contributed by atoms with Gasteiger partial charge in [0.1, 0.15) is 0 Å². The Hall–Kier alpha value is -10.7. The summed E-state index contributed by atoms with van der Waals surface area (Å²) in [6, 6.07) is 117. The number of hydrogen-bond donors (Lipinski definition) is 0. The first-order valence-corrected chi connectivity index (χ1v) is 30.2. The van der Waals surface area contributed by atoms with Crippen LogP contribution in [0.25, 0.3) is 176 Å². The van der Waals surface area contributed by atoms with Crippen LogP contribution in [0.2, 0.25) is 0 Å². The molecule has 0 unspecified atom stereocenters. The van der Waals surface area contributed by atoms with Gasteiger partial charge in [0.05, 0.1) is 0 Å². The van der Waals surface area contributed by atoms with Crippen LogP contribution < -0.4 is 0 Å². The summed E-state index contributed by atoms with van der Waals surface area (Å²) in [6.07, 6.45) is 0. The van der Waals surface area contributed by atoms with E-state index in [2.05, 4.69) is 315 Å². The molecule has 17 rings (SSSR count). The minimum atomic E-state index is 1.20. The van der Waals surface area contributed by atoms with Gasteiger partial charge >= 0.3 is 0 Å². The minimum Gasteiger partial charge on any atom is -0.135 e. The van der Waals surface area contributed by atoms with Gasteiger partial charge in [0, 0.05) is 9.75 Å². The lowest BCUT2D eigenvalue weighted by molar-refractivity contribution is 1.54. The number of rotatable bonds is 10. The third-order valence-corrected chi connectivity index (χ3v) is 18.9. The van der Waals surface area contributed by atoms with Gasteiger partial charge in [0.25, 0.3) is 0 Å². The van der Waals surface area contributed by atoms with Crippen LogP contribution >= 0.6 is 11.3 Å². The largest absolute Gasteiger partial charge is 0.135 e. The van der Waals surface area contributed by atoms with Crippen molar-refractivity contribution < 1.29 is 0 Å². The highest BCUT2D eigenvalue weighted by molar-refractivity contribution is 7.19. The molecule has 14 aromatic carbocycles. The summed E-state index contributed by atoms with van der Waals surface area (Å²) in [5.41, 5.74) is 32.4. The molecule has 0 spiro atoms. The van der Waals surface area contributed by atoms with E-state index in [0.29, 0.717) is 0 Å². The Labute approximate surface area is 499 Å². The standard InChI is InChI=1S/C84H52S/c1-9-27-53(28-10-1)71-73(55-31-13-3-14-32-55)77(59-39-21-7-22-40-59)83-67-49-47-61(63-43-25-45-65(79(63)67)81(83)75(71)57-35-17-5-18-36-57)69-51-52-70(85-69)62-48-50-68-80-64(62)44-26-46-66(80)82-76(58-37-19-6-20-38-58)72(54-29-11-2-12-30-54)74(56-33-15-4-16-34-56)78(84(68)82)60-41-23-8-24-42-60/h1-52H. The van der Waals surface area contributed by atoms with E-state index in [-0.39, 0.29) is 0 Å². The summed E-state index contributed by atoms with van der Waals surface area (Å²) in [6.45, 7) is 0. The van der Waals surface area contributed by atoms with Gasteiger partial charge in [-0.15, -0.1) is 11.3 Å². The Morgan fingerprint density at radius 2 is 0.341 bits per heavy atom. The zero-order valence-corrected chi connectivity index (χ0v) is 47.2. The molecule has 0 amide bonds. The molecule has 0 nitrogen and oxygen atoms in total. The number of benzene rings is 14. The summed E-state index contributed by atoms with van der Waals surface area (Å²) in [7, 11) is 0. The molecule has 85 heavy (non-hydrogen) atoms. The van der Waals surface area contributed by atoms with Crippen molar-refractivity contribution in [3.05, 3.63) is 315 Å². The van der Waals surface area contributed by atoms with Crippen molar-refractivity contribution >= 4 is 32.9 Å². The Kier molecular flexibility index (Phi) is 11.5. The predicted molar refractivity (Wildman–Crippen MR) is 363 cm³/mol. The summed E-state index contributed by atoms with van der Waals surface area (Å²) in [5, 5.41) is 5.14. The fourth-order valence-electron chi connectivity index (χ4n) is 14.4. The molecule has 2 aliphatic rings. The van der Waals surface area contributed by atoms with Gasteiger partial charge < -0.3 is 0 Å². The van der Waals surface area contributed by atoms with Crippen LogP contribution in [-0.4, -0.2) is 0 Å². The first-order chi connectivity index (χ1) is 42.3. The lowest BCUT2D eigenvalue weighted by atomic mass is 9.76. The molecule has 0 atom stereocenters. The molecule has 0 saturated heterocycles. The van der Waals surface area contributed by atoms with E-state index in [9.17, 15) is 0 Å². The Balaban J connectivity index is 0.887. The number of fused-ring (bicyclic) bond motifs is 6. The zero-order chi connectivity index (χ0) is 56.0. The molecule has 0 aliphatic heterocycles. The molecule has 0 N–H and O–H groups in total. The van der Waals surface area contributed by atoms with E-state index in [1.54, 1.807) is 0 Å². The van der Waals surface area contributed by atoms with Gasteiger partial charge in [-0.05, 0) is 178 Å². The van der Waals surface area contributed by atoms with Gasteiger partial charge in [0.2, 0.25) is 0 Å². The normalized spacial score (nSPS) is 11.8. The number of hydrogen-bond acceptors (Lipinski definition) is 1. The van der Waals surface area contributed by atoms with E-state index < -0.39 is 0 Å². The lowest BCUT2D eigenvalue weighted by Gasteiger charge is -2.26. The summed E-state index contributed by atoms with van der Waals surface area (Å²) in [4.78, 5) is 2.50. The highest BCUT2D eigenvalue weighted by atomic mass is 32.1. The Morgan fingerprint density at radius 3 is 0.576 bits per heavy atom. The van der Waals surface area contributed by atoms with Gasteiger partial charge in [-0.2, -0.15) is 0 Å². The van der Waals surface area contributed by atoms with E-state index in [1.807, 2.05) is 11.3 Å². The monoisotopic (exact) mass is 1090 g/mol. The third kappa shape index (κ3) is 7.68. The average Bonchev–Trinajstić information content (AvgIpc) is 1.67. The van der Waals surface area contributed by atoms with Crippen molar-refractivity contribution in [3.8, 4) is 154 Å². The van der Waals surface area contributed by atoms with E-state index >= 15 is 0 Å². The summed E-state index contributed by atoms with van der Waals surface area (Å²) < 4.78 is 0. The van der Waals surface area contributed by atoms with Crippen LogP contribution in [0.3, 0.4) is 0 Å². The van der Waals surface area contributed by atoms with Crippen LogP contribution in [0.5, 0.6) is 0 Å². The zero-order valence-electron chi connectivity index (χ0n) is 46.4. The van der Waals surface area contributed by atoms with Crippen LogP contribution in [0, 0.1) is 0 Å². The SMILES string of the molecule is c1ccc(-c2c(-c3ccccc3)c(-c3ccccc3)c3c(c2-c2ccccc2)-c2cccc4c(-c5ccc(-c6ccc7c8c(cccc68)-c6c(-c8ccccc8)c(-c8ccccc8)c(-c8ccccc8)c(-c8ccccc8)c6-7)s5)ccc-3c24)cc1. The van der Waals surface area contributed by atoms with E-state index in [1.165, 1.54) is 176 Å². The van der Waals surface area contributed by atoms with E-state index in [4.69, 9.17) is 0 Å². The first kappa shape index (κ1) is 49.0. The average molecular weight is 1090 g/mol. The molecule has 15 aromatic rings. The second kappa shape index (κ2) is 20.0. The fourth-order valence-corrected chi connectivity index (χ4v) is 15.5. The maximum absolute atomic E-state index is 2.43. The molecule has 0 fully saturated rings. The Bertz CT molecular complexity index is 4530. The van der Waals surface area contributed by atoms with Crippen LogP contribution in [0.1, 0.15) is 0 Å². The second-order valence-corrected chi connectivity index (χ2v) is 23.5. The molecule has 0 saturated carbocycles. The van der Waals surface area contributed by atoms with Crippen molar-refractivity contribution in [2.75, 3.05) is 0 Å². The molecule has 0 radical (unpaired) electrons. The minimum absolute atomic E-state index is 1.20. The topological polar surface area (TPSA) is 0 Å².